The van der Waals surface area contributed by atoms with Crippen molar-refractivity contribution in [3.05, 3.63) is 28.8 Å². The molecule has 1 aliphatic carbocycles. The Bertz CT molecular complexity index is 917. The zero-order valence-corrected chi connectivity index (χ0v) is 18.0. The van der Waals surface area contributed by atoms with Gasteiger partial charge in [-0.1, -0.05) is 54.0 Å². The van der Waals surface area contributed by atoms with Gasteiger partial charge in [-0.05, 0) is 31.0 Å². The SMILES string of the molecule is O=C(CSc1nnc(NC(=O)C2CCCCC2)s1)Nc1cc(C(F)(F)F)ccc1Cl. The van der Waals surface area contributed by atoms with E-state index in [1.807, 2.05) is 0 Å². The Hall–Kier alpha value is -1.85. The van der Waals surface area contributed by atoms with Crippen molar-refractivity contribution in [2.24, 2.45) is 5.92 Å². The van der Waals surface area contributed by atoms with E-state index in [4.69, 9.17) is 11.6 Å². The number of anilines is 2. The molecule has 1 fully saturated rings. The molecule has 0 radical (unpaired) electrons. The number of aromatic nitrogens is 2. The van der Waals surface area contributed by atoms with Crippen LogP contribution < -0.4 is 10.6 Å². The number of alkyl halides is 3. The van der Waals surface area contributed by atoms with Crippen LogP contribution in [0.1, 0.15) is 37.7 Å². The number of carbonyl (C=O) groups is 2. The van der Waals surface area contributed by atoms with Crippen LogP contribution in [0.15, 0.2) is 22.5 Å². The fraction of sp³-hybridized carbons (Fsp3) is 0.444. The minimum atomic E-state index is -4.54. The van der Waals surface area contributed by atoms with Crippen LogP contribution in [0.25, 0.3) is 0 Å². The summed E-state index contributed by atoms with van der Waals surface area (Å²) in [5.74, 6) is -0.720. The summed E-state index contributed by atoms with van der Waals surface area (Å²) >= 11 is 8.07. The highest BCUT2D eigenvalue weighted by atomic mass is 35.5. The quantitative estimate of drug-likeness (QED) is 0.425. The fourth-order valence-electron chi connectivity index (χ4n) is 3.00. The van der Waals surface area contributed by atoms with E-state index in [2.05, 4.69) is 20.8 Å². The van der Waals surface area contributed by atoms with Gasteiger partial charge in [-0.2, -0.15) is 13.2 Å². The molecule has 12 heteroatoms. The van der Waals surface area contributed by atoms with E-state index >= 15 is 0 Å². The Morgan fingerprint density at radius 1 is 1.17 bits per heavy atom. The molecule has 1 saturated carbocycles. The highest BCUT2D eigenvalue weighted by Crippen LogP contribution is 2.34. The summed E-state index contributed by atoms with van der Waals surface area (Å²) in [6.45, 7) is 0. The average molecular weight is 479 g/mol. The fourth-order valence-corrected chi connectivity index (χ4v) is 4.72. The number of hydrogen-bond acceptors (Lipinski definition) is 6. The third-order valence-electron chi connectivity index (χ3n) is 4.51. The minimum absolute atomic E-state index is 0.00461. The zero-order valence-electron chi connectivity index (χ0n) is 15.6. The lowest BCUT2D eigenvalue weighted by molar-refractivity contribution is -0.137. The largest absolute Gasteiger partial charge is 0.416 e. The summed E-state index contributed by atoms with van der Waals surface area (Å²) < 4.78 is 38.9. The topological polar surface area (TPSA) is 84.0 Å². The van der Waals surface area contributed by atoms with Gasteiger partial charge in [0.25, 0.3) is 0 Å². The minimum Gasteiger partial charge on any atom is -0.324 e. The van der Waals surface area contributed by atoms with E-state index in [1.54, 1.807) is 0 Å². The van der Waals surface area contributed by atoms with E-state index in [1.165, 1.54) is 0 Å². The van der Waals surface area contributed by atoms with E-state index < -0.39 is 17.6 Å². The molecule has 3 rings (SSSR count). The normalized spacial score (nSPS) is 15.1. The Labute approximate surface area is 184 Å². The Kier molecular flexibility index (Phi) is 7.59. The maximum absolute atomic E-state index is 12.8. The van der Waals surface area contributed by atoms with E-state index in [0.29, 0.717) is 9.47 Å². The smallest absolute Gasteiger partial charge is 0.324 e. The van der Waals surface area contributed by atoms with Gasteiger partial charge in [0.1, 0.15) is 0 Å². The van der Waals surface area contributed by atoms with Gasteiger partial charge < -0.3 is 10.6 Å². The van der Waals surface area contributed by atoms with E-state index in [0.717, 1.165) is 73.4 Å². The van der Waals surface area contributed by atoms with Gasteiger partial charge >= 0.3 is 6.18 Å². The van der Waals surface area contributed by atoms with Crippen molar-refractivity contribution >= 4 is 57.3 Å². The third kappa shape index (κ3) is 6.32. The number of amides is 2. The van der Waals surface area contributed by atoms with Gasteiger partial charge in [0.15, 0.2) is 4.34 Å². The lowest BCUT2D eigenvalue weighted by Gasteiger charge is -2.19. The van der Waals surface area contributed by atoms with Crippen molar-refractivity contribution in [2.75, 3.05) is 16.4 Å². The monoisotopic (exact) mass is 478 g/mol. The van der Waals surface area contributed by atoms with Crippen LogP contribution in [0.5, 0.6) is 0 Å². The molecule has 0 aliphatic heterocycles. The predicted octanol–water partition coefficient (Wildman–Crippen LogP) is 5.46. The molecule has 1 heterocycles. The number of benzene rings is 1. The predicted molar refractivity (Wildman–Crippen MR) is 111 cm³/mol. The summed E-state index contributed by atoms with van der Waals surface area (Å²) in [6.07, 6.45) is 0.427. The van der Waals surface area contributed by atoms with Gasteiger partial charge in [-0.25, -0.2) is 0 Å². The second-order valence-electron chi connectivity index (χ2n) is 6.73. The molecule has 1 aromatic carbocycles. The molecule has 0 bridgehead atoms. The summed E-state index contributed by atoms with van der Waals surface area (Å²) in [4.78, 5) is 24.3. The van der Waals surface area contributed by atoms with Crippen molar-refractivity contribution in [1.82, 2.24) is 10.2 Å². The molecule has 0 unspecified atom stereocenters. The molecule has 0 saturated heterocycles. The summed E-state index contributed by atoms with van der Waals surface area (Å²) in [6, 6.07) is 2.71. The van der Waals surface area contributed by atoms with Gasteiger partial charge in [-0.15, -0.1) is 10.2 Å². The third-order valence-corrected chi connectivity index (χ3v) is 6.81. The zero-order chi connectivity index (χ0) is 21.7. The maximum Gasteiger partial charge on any atom is 0.416 e. The van der Waals surface area contributed by atoms with Crippen LogP contribution in [-0.2, 0) is 15.8 Å². The van der Waals surface area contributed by atoms with Crippen LogP contribution in [0.2, 0.25) is 5.02 Å². The highest BCUT2D eigenvalue weighted by molar-refractivity contribution is 8.01. The maximum atomic E-state index is 12.8. The van der Waals surface area contributed by atoms with Gasteiger partial charge in [0.05, 0.1) is 22.0 Å². The molecule has 0 spiro atoms. The summed E-state index contributed by atoms with van der Waals surface area (Å²) in [5, 5.41) is 13.3. The molecular weight excluding hydrogens is 461 g/mol. The van der Waals surface area contributed by atoms with Crippen LogP contribution in [0.3, 0.4) is 0 Å². The Balaban J connectivity index is 1.51. The van der Waals surface area contributed by atoms with E-state index in [9.17, 15) is 22.8 Å². The number of thioether (sulfide) groups is 1. The van der Waals surface area contributed by atoms with Crippen LogP contribution >= 0.6 is 34.7 Å². The molecule has 0 atom stereocenters. The lowest BCUT2D eigenvalue weighted by Crippen LogP contribution is -2.24. The van der Waals surface area contributed by atoms with Gasteiger partial charge in [0, 0.05) is 5.92 Å². The van der Waals surface area contributed by atoms with Crippen molar-refractivity contribution in [3.8, 4) is 0 Å². The Morgan fingerprint density at radius 3 is 2.60 bits per heavy atom. The highest BCUT2D eigenvalue weighted by Gasteiger charge is 2.31. The van der Waals surface area contributed by atoms with Crippen molar-refractivity contribution < 1.29 is 22.8 Å². The standard InChI is InChI=1S/C18H18ClF3N4O2S2/c19-12-7-6-11(18(20,21)22)8-13(12)23-14(27)9-29-17-26-25-16(30-17)24-15(28)10-4-2-1-3-5-10/h6-8,10H,1-5,9H2,(H,23,27)(H,24,25,28). The molecule has 2 N–H and O–H groups in total. The van der Waals surface area contributed by atoms with Gasteiger partial charge in [-0.3, -0.25) is 9.59 Å². The first kappa shape index (κ1) is 22.8. The molecule has 162 valence electrons. The average Bonchev–Trinajstić information content (AvgIpc) is 3.15. The first-order chi connectivity index (χ1) is 14.2. The number of rotatable bonds is 6. The number of carbonyl (C=O) groups excluding carboxylic acids is 2. The second-order valence-corrected chi connectivity index (χ2v) is 9.33. The number of halogens is 4. The summed E-state index contributed by atoms with van der Waals surface area (Å²) in [7, 11) is 0. The molecule has 30 heavy (non-hydrogen) atoms. The van der Waals surface area contributed by atoms with Gasteiger partial charge in [0.2, 0.25) is 16.9 Å². The van der Waals surface area contributed by atoms with Crippen LogP contribution in [-0.4, -0.2) is 27.8 Å². The number of hydrogen-bond donors (Lipinski definition) is 2. The summed E-state index contributed by atoms with van der Waals surface area (Å²) in [5.41, 5.74) is -1.02. The van der Waals surface area contributed by atoms with Crippen molar-refractivity contribution in [2.45, 2.75) is 42.6 Å². The second kappa shape index (κ2) is 9.97. The number of nitrogens with one attached hydrogen (secondary N) is 2. The molecule has 2 aromatic rings. The van der Waals surface area contributed by atoms with Crippen molar-refractivity contribution in [1.29, 1.82) is 0 Å². The van der Waals surface area contributed by atoms with Crippen LogP contribution in [0, 0.1) is 5.92 Å². The van der Waals surface area contributed by atoms with Crippen LogP contribution in [0.4, 0.5) is 24.0 Å². The number of nitrogens with zero attached hydrogens (tertiary/aromatic N) is 2. The first-order valence-corrected chi connectivity index (χ1v) is 11.3. The molecule has 6 nitrogen and oxygen atoms in total. The lowest BCUT2D eigenvalue weighted by atomic mass is 9.89. The Morgan fingerprint density at radius 2 is 1.90 bits per heavy atom. The molecular formula is C18H18ClF3N4O2S2. The van der Waals surface area contributed by atoms with Crippen molar-refractivity contribution in [3.63, 3.8) is 0 Å². The molecule has 1 aromatic heterocycles. The molecule has 1 aliphatic rings. The molecule has 2 amide bonds. The first-order valence-electron chi connectivity index (χ1n) is 9.16. The van der Waals surface area contributed by atoms with E-state index in [-0.39, 0.29) is 28.3 Å².